The SMILES string of the molecule is CC(Sc1nccn1C)C(=O)N1CCN(Cc2ccc3c(c2)OCO3)CC1. The van der Waals surface area contributed by atoms with E-state index < -0.39 is 0 Å². The third-order valence-electron chi connectivity index (χ3n) is 4.93. The molecule has 27 heavy (non-hydrogen) atoms. The van der Waals surface area contributed by atoms with E-state index in [9.17, 15) is 4.79 Å². The van der Waals surface area contributed by atoms with Crippen molar-refractivity contribution in [3.05, 3.63) is 36.2 Å². The molecule has 0 saturated carbocycles. The van der Waals surface area contributed by atoms with Gasteiger partial charge in [-0.3, -0.25) is 9.69 Å². The van der Waals surface area contributed by atoms with Crippen LogP contribution in [0.1, 0.15) is 12.5 Å². The number of carbonyl (C=O) groups is 1. The normalized spacial score (nSPS) is 17.9. The van der Waals surface area contributed by atoms with Gasteiger partial charge in [0.1, 0.15) is 0 Å². The molecule has 8 heteroatoms. The van der Waals surface area contributed by atoms with Crippen molar-refractivity contribution in [2.24, 2.45) is 7.05 Å². The average molecular weight is 388 g/mol. The first-order valence-electron chi connectivity index (χ1n) is 9.14. The van der Waals surface area contributed by atoms with Crippen LogP contribution < -0.4 is 9.47 Å². The van der Waals surface area contributed by atoms with Crippen molar-refractivity contribution in [1.29, 1.82) is 0 Å². The molecule has 1 amide bonds. The van der Waals surface area contributed by atoms with Crippen molar-refractivity contribution in [3.8, 4) is 11.5 Å². The highest BCUT2D eigenvalue weighted by atomic mass is 32.2. The van der Waals surface area contributed by atoms with Crippen molar-refractivity contribution in [2.75, 3.05) is 33.0 Å². The van der Waals surface area contributed by atoms with Gasteiger partial charge in [0.2, 0.25) is 12.7 Å². The van der Waals surface area contributed by atoms with E-state index in [-0.39, 0.29) is 11.2 Å². The van der Waals surface area contributed by atoms with Crippen LogP contribution in [-0.4, -0.2) is 63.5 Å². The number of rotatable bonds is 5. The molecule has 0 aliphatic carbocycles. The largest absolute Gasteiger partial charge is 0.454 e. The van der Waals surface area contributed by atoms with Gasteiger partial charge in [-0.2, -0.15) is 0 Å². The molecular weight excluding hydrogens is 364 g/mol. The first-order chi connectivity index (χ1) is 13.1. The Kier molecular flexibility index (Phi) is 5.27. The highest BCUT2D eigenvalue weighted by Gasteiger charge is 2.26. The molecule has 0 N–H and O–H groups in total. The number of fused-ring (bicyclic) bond motifs is 1. The molecule has 4 rings (SSSR count). The third kappa shape index (κ3) is 4.06. The van der Waals surface area contributed by atoms with Gasteiger partial charge in [-0.25, -0.2) is 4.98 Å². The summed E-state index contributed by atoms with van der Waals surface area (Å²) < 4.78 is 12.8. The molecule has 0 bridgehead atoms. The number of imidazole rings is 1. The lowest BCUT2D eigenvalue weighted by Gasteiger charge is -2.35. The fourth-order valence-corrected chi connectivity index (χ4v) is 4.27. The summed E-state index contributed by atoms with van der Waals surface area (Å²) in [6.45, 7) is 6.38. The molecule has 3 heterocycles. The van der Waals surface area contributed by atoms with Crippen LogP contribution in [0.15, 0.2) is 35.7 Å². The molecule has 1 aromatic heterocycles. The van der Waals surface area contributed by atoms with Gasteiger partial charge in [0, 0.05) is 52.2 Å². The van der Waals surface area contributed by atoms with Gasteiger partial charge >= 0.3 is 0 Å². The quantitative estimate of drug-likeness (QED) is 0.730. The average Bonchev–Trinajstić information content (AvgIpc) is 3.30. The van der Waals surface area contributed by atoms with Gasteiger partial charge in [0.05, 0.1) is 5.25 Å². The van der Waals surface area contributed by atoms with Gasteiger partial charge in [-0.05, 0) is 24.6 Å². The summed E-state index contributed by atoms with van der Waals surface area (Å²) in [5.74, 6) is 1.82. The minimum atomic E-state index is -0.133. The Bertz CT molecular complexity index is 817. The summed E-state index contributed by atoms with van der Waals surface area (Å²) in [6.07, 6.45) is 3.66. The maximum Gasteiger partial charge on any atom is 0.235 e. The summed E-state index contributed by atoms with van der Waals surface area (Å²) in [5.41, 5.74) is 1.21. The summed E-state index contributed by atoms with van der Waals surface area (Å²) in [6, 6.07) is 6.09. The number of nitrogens with zero attached hydrogens (tertiary/aromatic N) is 4. The Morgan fingerprint density at radius 1 is 1.22 bits per heavy atom. The fraction of sp³-hybridized carbons (Fsp3) is 0.474. The highest BCUT2D eigenvalue weighted by Crippen LogP contribution is 2.33. The van der Waals surface area contributed by atoms with E-state index >= 15 is 0 Å². The van der Waals surface area contributed by atoms with Crippen LogP contribution >= 0.6 is 11.8 Å². The predicted molar refractivity (Wildman–Crippen MR) is 103 cm³/mol. The Morgan fingerprint density at radius 3 is 2.74 bits per heavy atom. The monoisotopic (exact) mass is 388 g/mol. The van der Waals surface area contributed by atoms with Crippen molar-refractivity contribution < 1.29 is 14.3 Å². The van der Waals surface area contributed by atoms with Crippen LogP contribution in [-0.2, 0) is 18.4 Å². The van der Waals surface area contributed by atoms with Crippen LogP contribution in [0.5, 0.6) is 11.5 Å². The summed E-state index contributed by atoms with van der Waals surface area (Å²) in [5, 5.41) is 0.740. The minimum Gasteiger partial charge on any atom is -0.454 e. The second kappa shape index (κ2) is 7.82. The minimum absolute atomic E-state index is 0.133. The molecule has 144 valence electrons. The Hall–Kier alpha value is -2.19. The number of ether oxygens (including phenoxy) is 2. The van der Waals surface area contributed by atoms with Crippen LogP contribution in [0, 0.1) is 0 Å². The first kappa shape index (κ1) is 18.2. The van der Waals surface area contributed by atoms with E-state index in [2.05, 4.69) is 16.0 Å². The van der Waals surface area contributed by atoms with E-state index in [4.69, 9.17) is 9.47 Å². The fourth-order valence-electron chi connectivity index (χ4n) is 3.35. The second-order valence-corrected chi connectivity index (χ2v) is 8.18. The molecule has 7 nitrogen and oxygen atoms in total. The van der Waals surface area contributed by atoms with Crippen LogP contribution in [0.2, 0.25) is 0 Å². The first-order valence-corrected chi connectivity index (χ1v) is 10.0. The lowest BCUT2D eigenvalue weighted by molar-refractivity contribution is -0.132. The Balaban J connectivity index is 1.28. The van der Waals surface area contributed by atoms with Gasteiger partial charge < -0.3 is 18.9 Å². The van der Waals surface area contributed by atoms with Crippen LogP contribution in [0.25, 0.3) is 0 Å². The molecule has 0 radical (unpaired) electrons. The van der Waals surface area contributed by atoms with E-state index in [1.807, 2.05) is 41.8 Å². The number of amides is 1. The molecule has 2 aliphatic rings. The number of aromatic nitrogens is 2. The number of hydrogen-bond acceptors (Lipinski definition) is 6. The highest BCUT2D eigenvalue weighted by molar-refractivity contribution is 8.00. The smallest absolute Gasteiger partial charge is 0.235 e. The number of piperazine rings is 1. The number of benzene rings is 1. The maximum absolute atomic E-state index is 12.7. The van der Waals surface area contributed by atoms with E-state index in [0.717, 1.165) is 49.4 Å². The zero-order valence-corrected chi connectivity index (χ0v) is 16.4. The summed E-state index contributed by atoms with van der Waals surface area (Å²) in [4.78, 5) is 21.4. The predicted octanol–water partition coefficient (Wildman–Crippen LogP) is 1.97. The lowest BCUT2D eigenvalue weighted by atomic mass is 10.1. The molecule has 2 aromatic rings. The Morgan fingerprint density at radius 2 is 2.00 bits per heavy atom. The molecule has 1 fully saturated rings. The zero-order valence-electron chi connectivity index (χ0n) is 15.6. The van der Waals surface area contributed by atoms with Crippen molar-refractivity contribution in [3.63, 3.8) is 0 Å². The van der Waals surface area contributed by atoms with Crippen LogP contribution in [0.3, 0.4) is 0 Å². The van der Waals surface area contributed by atoms with E-state index in [1.54, 1.807) is 6.20 Å². The van der Waals surface area contributed by atoms with E-state index in [1.165, 1.54) is 17.3 Å². The molecule has 1 saturated heterocycles. The lowest BCUT2D eigenvalue weighted by Crippen LogP contribution is -2.50. The molecule has 0 spiro atoms. The molecule has 1 aromatic carbocycles. The van der Waals surface area contributed by atoms with Gasteiger partial charge in [-0.15, -0.1) is 0 Å². The van der Waals surface area contributed by atoms with Gasteiger partial charge in [-0.1, -0.05) is 17.8 Å². The van der Waals surface area contributed by atoms with Crippen molar-refractivity contribution >= 4 is 17.7 Å². The maximum atomic E-state index is 12.7. The summed E-state index contributed by atoms with van der Waals surface area (Å²) in [7, 11) is 1.95. The molecule has 1 atom stereocenters. The van der Waals surface area contributed by atoms with Crippen molar-refractivity contribution in [1.82, 2.24) is 19.4 Å². The summed E-state index contributed by atoms with van der Waals surface area (Å²) >= 11 is 1.51. The second-order valence-electron chi connectivity index (χ2n) is 6.87. The molecule has 2 aliphatic heterocycles. The number of carbonyl (C=O) groups excluding carboxylic acids is 1. The third-order valence-corrected chi connectivity index (χ3v) is 6.09. The van der Waals surface area contributed by atoms with Crippen LogP contribution in [0.4, 0.5) is 0 Å². The van der Waals surface area contributed by atoms with Gasteiger partial charge in [0.25, 0.3) is 0 Å². The number of aryl methyl sites for hydroxylation is 1. The number of hydrogen-bond donors (Lipinski definition) is 0. The zero-order chi connectivity index (χ0) is 18.8. The van der Waals surface area contributed by atoms with Crippen molar-refractivity contribution in [2.45, 2.75) is 23.9 Å². The Labute approximate surface area is 163 Å². The van der Waals surface area contributed by atoms with E-state index in [0.29, 0.717) is 6.79 Å². The standard InChI is InChI=1S/C19H24N4O3S/c1-14(27-19-20-5-6-21(19)2)18(24)23-9-7-22(8-10-23)12-15-3-4-16-17(11-15)26-13-25-16/h3-6,11,14H,7-10,12-13H2,1-2H3. The molecular formula is C19H24N4O3S. The molecule has 1 unspecified atom stereocenters. The topological polar surface area (TPSA) is 59.8 Å². The van der Waals surface area contributed by atoms with Gasteiger partial charge in [0.15, 0.2) is 16.7 Å². The number of thioether (sulfide) groups is 1.